The van der Waals surface area contributed by atoms with Crippen LogP contribution in [0, 0.1) is 0 Å². The first-order valence-corrected chi connectivity index (χ1v) is 9.68. The predicted molar refractivity (Wildman–Crippen MR) is 83.4 cm³/mol. The van der Waals surface area contributed by atoms with Crippen LogP contribution in [-0.4, -0.2) is 25.9 Å². The van der Waals surface area contributed by atoms with Crippen molar-refractivity contribution in [2.24, 2.45) is 0 Å². The molecule has 0 bridgehead atoms. The second-order valence-electron chi connectivity index (χ2n) is 4.68. The van der Waals surface area contributed by atoms with Gasteiger partial charge in [-0.3, -0.25) is 9.35 Å². The molecule has 0 aliphatic carbocycles. The molecule has 0 aliphatic heterocycles. The van der Waals surface area contributed by atoms with Crippen LogP contribution in [0.3, 0.4) is 0 Å². The van der Waals surface area contributed by atoms with Gasteiger partial charge in [0.05, 0.1) is 9.79 Å². The Morgan fingerprint density at radius 1 is 0.875 bits per heavy atom. The Labute approximate surface area is 162 Å². The van der Waals surface area contributed by atoms with Gasteiger partial charge in [-0.2, -0.15) is 8.42 Å². The van der Waals surface area contributed by atoms with E-state index in [1.54, 1.807) is 0 Å². The molecule has 120 valence electrons. The van der Waals surface area contributed by atoms with Crippen molar-refractivity contribution in [3.8, 4) is 0 Å². The Morgan fingerprint density at radius 2 is 1.33 bits per heavy atom. The van der Waals surface area contributed by atoms with Gasteiger partial charge in [-0.1, -0.05) is 0 Å². The van der Waals surface area contributed by atoms with E-state index in [4.69, 9.17) is 4.55 Å². The molecule has 0 amide bonds. The third-order valence-electron chi connectivity index (χ3n) is 3.20. The second kappa shape index (κ2) is 6.46. The molecular formula is C13H7NaO7S3. The first kappa shape index (κ1) is 19.5. The molecule has 0 aliphatic rings. The molecule has 1 N–H and O–H groups in total. The van der Waals surface area contributed by atoms with Gasteiger partial charge < -0.3 is 4.55 Å². The van der Waals surface area contributed by atoms with Crippen LogP contribution >= 0.6 is 11.3 Å². The Kier molecular flexibility index (Phi) is 5.25. The molecule has 1 aromatic heterocycles. The van der Waals surface area contributed by atoms with E-state index in [2.05, 4.69) is 0 Å². The molecule has 0 atom stereocenters. The first-order valence-electron chi connectivity index (χ1n) is 6.01. The van der Waals surface area contributed by atoms with Gasteiger partial charge >= 0.3 is 29.6 Å². The zero-order valence-corrected chi connectivity index (χ0v) is 16.5. The van der Waals surface area contributed by atoms with E-state index in [1.807, 2.05) is 0 Å². The molecule has 0 saturated heterocycles. The minimum atomic E-state index is -4.72. The van der Waals surface area contributed by atoms with E-state index in [-0.39, 0.29) is 40.3 Å². The average molecular weight is 394 g/mol. The fourth-order valence-electron chi connectivity index (χ4n) is 2.13. The SMILES string of the molecule is O=c1c2cc(S(=O)(=O)[O-])ccc2sc2ccc(S(=O)(=O)O)cc12.[Na+]. The molecule has 0 saturated carbocycles. The molecule has 1 heterocycles. The molecule has 2 aromatic carbocycles. The van der Waals surface area contributed by atoms with Gasteiger partial charge in [-0.25, -0.2) is 8.42 Å². The van der Waals surface area contributed by atoms with E-state index in [0.717, 1.165) is 35.6 Å². The standard InChI is InChI=1S/C13H8O7S3.Na/c14-13-9-5-7(22(15,16)17)1-3-11(9)21-12-4-2-8(6-10(12)13)23(18,19)20;/h1-6H,(H,15,16,17)(H,18,19,20);/q;+1/p-1. The summed E-state index contributed by atoms with van der Waals surface area (Å²) < 4.78 is 65.5. The largest absolute Gasteiger partial charge is 1.00 e. The summed E-state index contributed by atoms with van der Waals surface area (Å²) in [6.07, 6.45) is 0. The van der Waals surface area contributed by atoms with Crippen molar-refractivity contribution in [2.75, 3.05) is 0 Å². The molecular weight excluding hydrogens is 387 g/mol. The topological polar surface area (TPSA) is 129 Å². The van der Waals surface area contributed by atoms with Crippen LogP contribution in [0.1, 0.15) is 0 Å². The Morgan fingerprint density at radius 3 is 1.79 bits per heavy atom. The monoisotopic (exact) mass is 394 g/mol. The van der Waals surface area contributed by atoms with Gasteiger partial charge in [0.25, 0.3) is 10.1 Å². The normalized spacial score (nSPS) is 12.2. The number of benzene rings is 2. The fourth-order valence-corrected chi connectivity index (χ4v) is 4.17. The summed E-state index contributed by atoms with van der Waals surface area (Å²) in [5, 5.41) is 0.00462. The summed E-state index contributed by atoms with van der Waals surface area (Å²) in [7, 11) is -9.19. The van der Waals surface area contributed by atoms with Gasteiger partial charge in [0.1, 0.15) is 10.1 Å². The van der Waals surface area contributed by atoms with Crippen LogP contribution in [0.25, 0.3) is 20.2 Å². The maximum atomic E-state index is 12.5. The predicted octanol–water partition coefficient (Wildman–Crippen LogP) is -1.43. The number of hydrogen-bond donors (Lipinski definition) is 1. The summed E-state index contributed by atoms with van der Waals surface area (Å²) in [6.45, 7) is 0. The van der Waals surface area contributed by atoms with Crippen molar-refractivity contribution < 1.29 is 55.5 Å². The van der Waals surface area contributed by atoms with Gasteiger partial charge in [0.2, 0.25) is 0 Å². The maximum Gasteiger partial charge on any atom is 1.00 e. The summed E-state index contributed by atoms with van der Waals surface area (Å²) >= 11 is 1.13. The van der Waals surface area contributed by atoms with E-state index in [9.17, 15) is 26.2 Å². The minimum absolute atomic E-state index is 0. The molecule has 7 nitrogen and oxygen atoms in total. The molecule has 3 aromatic rings. The van der Waals surface area contributed by atoms with Gasteiger partial charge in [-0.15, -0.1) is 11.3 Å². The maximum absolute atomic E-state index is 12.5. The third-order valence-corrected chi connectivity index (χ3v) is 6.03. The molecule has 0 fully saturated rings. The van der Waals surface area contributed by atoms with Crippen LogP contribution < -0.4 is 35.0 Å². The Balaban J connectivity index is 0.00000208. The molecule has 24 heavy (non-hydrogen) atoms. The van der Waals surface area contributed by atoms with Crippen molar-refractivity contribution in [3.63, 3.8) is 0 Å². The quantitative estimate of drug-likeness (QED) is 0.320. The third kappa shape index (κ3) is 3.55. The van der Waals surface area contributed by atoms with Gasteiger partial charge in [-0.05, 0) is 36.4 Å². The zero-order chi connectivity index (χ0) is 17.0. The van der Waals surface area contributed by atoms with Crippen LogP contribution in [0.5, 0.6) is 0 Å². The van der Waals surface area contributed by atoms with Gasteiger partial charge in [0, 0.05) is 20.2 Å². The number of rotatable bonds is 2. The van der Waals surface area contributed by atoms with Crippen molar-refractivity contribution in [1.29, 1.82) is 0 Å². The van der Waals surface area contributed by atoms with Crippen molar-refractivity contribution in [2.45, 2.75) is 9.79 Å². The fraction of sp³-hybridized carbons (Fsp3) is 0. The van der Waals surface area contributed by atoms with E-state index < -0.39 is 35.5 Å². The smallest absolute Gasteiger partial charge is 0.744 e. The number of fused-ring (bicyclic) bond motifs is 2. The van der Waals surface area contributed by atoms with E-state index in [1.165, 1.54) is 12.1 Å². The first-order chi connectivity index (χ1) is 10.6. The Hall–Kier alpha value is -0.850. The molecule has 3 rings (SSSR count). The van der Waals surface area contributed by atoms with Gasteiger partial charge in [0.15, 0.2) is 5.43 Å². The van der Waals surface area contributed by atoms with Crippen LogP contribution in [0.2, 0.25) is 0 Å². The summed E-state index contributed by atoms with van der Waals surface area (Å²) in [5.41, 5.74) is -0.621. The minimum Gasteiger partial charge on any atom is -0.744 e. The number of hydrogen-bond acceptors (Lipinski definition) is 7. The van der Waals surface area contributed by atoms with E-state index in [0.29, 0.717) is 9.40 Å². The van der Waals surface area contributed by atoms with E-state index >= 15 is 0 Å². The molecule has 0 unspecified atom stereocenters. The molecule has 11 heteroatoms. The van der Waals surface area contributed by atoms with Crippen molar-refractivity contribution in [1.82, 2.24) is 0 Å². The average Bonchev–Trinajstić information content (AvgIpc) is 2.45. The summed E-state index contributed by atoms with van der Waals surface area (Å²) in [6, 6.07) is 6.98. The van der Waals surface area contributed by atoms with Crippen LogP contribution in [0.4, 0.5) is 0 Å². The zero-order valence-electron chi connectivity index (χ0n) is 12.1. The van der Waals surface area contributed by atoms with Crippen molar-refractivity contribution >= 4 is 51.7 Å². The van der Waals surface area contributed by atoms with Crippen LogP contribution in [0.15, 0.2) is 51.0 Å². The van der Waals surface area contributed by atoms with Crippen LogP contribution in [-0.2, 0) is 20.2 Å². The molecule has 0 radical (unpaired) electrons. The summed E-state index contributed by atoms with van der Waals surface area (Å²) in [4.78, 5) is 11.5. The summed E-state index contributed by atoms with van der Waals surface area (Å²) in [5.74, 6) is 0. The Bertz CT molecular complexity index is 1130. The second-order valence-corrected chi connectivity index (χ2v) is 8.56. The molecule has 0 spiro atoms. The van der Waals surface area contributed by atoms with Crippen molar-refractivity contribution in [3.05, 3.63) is 46.6 Å².